The number of hydrogen-bond acceptors (Lipinski definition) is 15. The monoisotopic (exact) mass is 1410 g/mol. The third-order valence-electron chi connectivity index (χ3n) is 18.3. The maximum atomic E-state index is 13.1. The van der Waals surface area contributed by atoms with Gasteiger partial charge in [-0.25, -0.2) is 9.13 Å². The van der Waals surface area contributed by atoms with E-state index in [0.717, 1.165) is 102 Å². The molecule has 0 aliphatic heterocycles. The summed E-state index contributed by atoms with van der Waals surface area (Å²) in [7, 11) is -9.91. The smallest absolute Gasteiger partial charge is 0.462 e. The zero-order chi connectivity index (χ0) is 70.7. The molecule has 6 atom stereocenters. The molecule has 0 saturated heterocycles. The minimum Gasteiger partial charge on any atom is -0.462 e. The van der Waals surface area contributed by atoms with Crippen LogP contribution in [-0.4, -0.2) is 96.7 Å². The SMILES string of the molecule is CCCCCCCCCCCCCCCCCCCCCC(=O)O[C@H](COC(=O)CCCCCCCCCCCCCC(C)C)COP(=O)(O)OC[C@@H](O)COP(=O)(O)OC[C@@H](COC(=O)CCCCCCCCCCCCC)OC(=O)CCCCCCCCCCC(C)CC. The molecule has 0 bridgehead atoms. The Balaban J connectivity index is 5.24. The number of ether oxygens (including phenoxy) is 4. The van der Waals surface area contributed by atoms with Crippen molar-refractivity contribution in [3.05, 3.63) is 0 Å². The number of carbonyl (C=O) groups excluding carboxylic acids is 4. The number of aliphatic hydroxyl groups is 1. The molecule has 0 radical (unpaired) electrons. The maximum absolute atomic E-state index is 13.1. The van der Waals surface area contributed by atoms with Gasteiger partial charge in [-0.3, -0.25) is 37.3 Å². The van der Waals surface area contributed by atoms with Crippen LogP contribution in [0.3, 0.4) is 0 Å². The van der Waals surface area contributed by atoms with Crippen LogP contribution in [-0.2, 0) is 65.4 Å². The van der Waals surface area contributed by atoms with Crippen LogP contribution >= 0.6 is 15.6 Å². The molecule has 3 unspecified atom stereocenters. The summed E-state index contributed by atoms with van der Waals surface area (Å²) >= 11 is 0. The van der Waals surface area contributed by atoms with Gasteiger partial charge in [-0.15, -0.1) is 0 Å². The number of phosphoric ester groups is 2. The Morgan fingerprint density at radius 3 is 0.792 bits per heavy atom. The highest BCUT2D eigenvalue weighted by molar-refractivity contribution is 7.47. The van der Waals surface area contributed by atoms with E-state index in [4.69, 9.17) is 37.0 Å². The molecule has 0 aliphatic carbocycles. The fourth-order valence-corrected chi connectivity index (χ4v) is 13.4. The van der Waals surface area contributed by atoms with Crippen molar-refractivity contribution in [2.24, 2.45) is 11.8 Å². The third kappa shape index (κ3) is 69.2. The Morgan fingerprint density at radius 2 is 0.531 bits per heavy atom. The van der Waals surface area contributed by atoms with Crippen LogP contribution in [0.25, 0.3) is 0 Å². The van der Waals surface area contributed by atoms with Crippen LogP contribution in [0.15, 0.2) is 0 Å². The number of carbonyl (C=O) groups is 4. The number of phosphoric acid groups is 2. The van der Waals surface area contributed by atoms with Crippen molar-refractivity contribution in [1.82, 2.24) is 0 Å². The molecule has 17 nitrogen and oxygen atoms in total. The normalized spacial score (nSPS) is 14.3. The van der Waals surface area contributed by atoms with Gasteiger partial charge >= 0.3 is 39.5 Å². The molecule has 0 fully saturated rings. The molecule has 3 N–H and O–H groups in total. The van der Waals surface area contributed by atoms with E-state index in [0.29, 0.717) is 25.7 Å². The predicted octanol–water partition coefficient (Wildman–Crippen LogP) is 22.7. The average Bonchev–Trinajstić information content (AvgIpc) is 1.14. The Kier molecular flexibility index (Phi) is 67.4. The number of unbranched alkanes of at least 4 members (excludes halogenated alkanes) is 45. The molecule has 0 aromatic carbocycles. The molecule has 0 amide bonds. The molecule has 0 heterocycles. The summed E-state index contributed by atoms with van der Waals surface area (Å²) in [5.41, 5.74) is 0. The number of hydrogen-bond donors (Lipinski definition) is 3. The summed E-state index contributed by atoms with van der Waals surface area (Å²) in [6, 6.07) is 0. The molecule has 0 rings (SSSR count). The quantitative estimate of drug-likeness (QED) is 0.0222. The number of rotatable bonds is 76. The lowest BCUT2D eigenvalue weighted by atomic mass is 9.99. The molecule has 96 heavy (non-hydrogen) atoms. The zero-order valence-corrected chi connectivity index (χ0v) is 64.5. The summed E-state index contributed by atoms with van der Waals surface area (Å²) in [5.74, 6) is -0.574. The average molecular weight is 1410 g/mol. The first-order valence-electron chi connectivity index (χ1n) is 40.0. The van der Waals surface area contributed by atoms with E-state index in [1.165, 1.54) is 218 Å². The van der Waals surface area contributed by atoms with Crippen molar-refractivity contribution in [3.8, 4) is 0 Å². The molecular formula is C77H150O17P2. The highest BCUT2D eigenvalue weighted by atomic mass is 31.2. The first-order chi connectivity index (χ1) is 46.4. The number of aliphatic hydroxyl groups excluding tert-OH is 1. The summed E-state index contributed by atoms with van der Waals surface area (Å²) in [5, 5.41) is 10.6. The lowest BCUT2D eigenvalue weighted by molar-refractivity contribution is -0.161. The van der Waals surface area contributed by atoms with Crippen LogP contribution in [0.1, 0.15) is 401 Å². The lowest BCUT2D eigenvalue weighted by Crippen LogP contribution is -2.30. The van der Waals surface area contributed by atoms with Gasteiger partial charge in [0.2, 0.25) is 0 Å². The molecule has 19 heteroatoms. The summed E-state index contributed by atoms with van der Waals surface area (Å²) < 4.78 is 68.6. The molecular weight excluding hydrogens is 1260 g/mol. The van der Waals surface area contributed by atoms with E-state index in [1.807, 2.05) is 0 Å². The molecule has 570 valence electrons. The van der Waals surface area contributed by atoms with E-state index in [1.54, 1.807) is 0 Å². The van der Waals surface area contributed by atoms with Gasteiger partial charge in [0.25, 0.3) is 0 Å². The van der Waals surface area contributed by atoms with Crippen LogP contribution in [0.2, 0.25) is 0 Å². The lowest BCUT2D eigenvalue weighted by Gasteiger charge is -2.21. The zero-order valence-electron chi connectivity index (χ0n) is 62.7. The van der Waals surface area contributed by atoms with Crippen molar-refractivity contribution >= 4 is 39.5 Å². The van der Waals surface area contributed by atoms with Crippen molar-refractivity contribution in [2.45, 2.75) is 419 Å². The summed E-state index contributed by atoms with van der Waals surface area (Å²) in [4.78, 5) is 72.9. The number of esters is 4. The second kappa shape index (κ2) is 68.8. The molecule has 0 aliphatic rings. The predicted molar refractivity (Wildman–Crippen MR) is 391 cm³/mol. The van der Waals surface area contributed by atoms with Gasteiger partial charge in [0.1, 0.15) is 19.3 Å². The van der Waals surface area contributed by atoms with Gasteiger partial charge in [-0.1, -0.05) is 350 Å². The van der Waals surface area contributed by atoms with Gasteiger partial charge in [0.05, 0.1) is 26.4 Å². The minimum atomic E-state index is -4.96. The molecule has 0 spiro atoms. The van der Waals surface area contributed by atoms with Crippen LogP contribution in [0.4, 0.5) is 0 Å². The van der Waals surface area contributed by atoms with Gasteiger partial charge in [0, 0.05) is 25.7 Å². The Bertz CT molecular complexity index is 1860. The standard InChI is InChI=1S/C77H150O17P2/c1-7-10-12-14-16-18-20-21-22-23-24-25-26-27-31-36-43-49-55-61-76(81)93-72(65-88-75(80)60-54-48-42-35-32-28-30-33-39-45-51-57-69(4)5)67-91-95(83,84)89-63-71(78)64-90-96(85,86)92-68-73(66-87-74(79)59-53-47-41-34-29-19-17-15-13-11-8-2)94-77(82)62-56-50-44-38-37-40-46-52-58-70(6)9-3/h69-73,78H,7-68H2,1-6H3,(H,83,84)(H,85,86)/t70?,71-,72-,73-/m1/s1. The molecule has 0 aromatic heterocycles. The largest absolute Gasteiger partial charge is 0.472 e. The highest BCUT2D eigenvalue weighted by Crippen LogP contribution is 2.45. The van der Waals surface area contributed by atoms with Crippen LogP contribution < -0.4 is 0 Å². The minimum absolute atomic E-state index is 0.105. The Labute approximate surface area is 588 Å². The van der Waals surface area contributed by atoms with Gasteiger partial charge in [-0.05, 0) is 37.5 Å². The third-order valence-corrected chi connectivity index (χ3v) is 20.2. The van der Waals surface area contributed by atoms with Crippen molar-refractivity contribution in [1.29, 1.82) is 0 Å². The van der Waals surface area contributed by atoms with Crippen molar-refractivity contribution < 1.29 is 80.2 Å². The summed E-state index contributed by atoms with van der Waals surface area (Å²) in [6.45, 7) is 9.60. The van der Waals surface area contributed by atoms with Crippen LogP contribution in [0.5, 0.6) is 0 Å². The van der Waals surface area contributed by atoms with Crippen LogP contribution in [0, 0.1) is 11.8 Å². The van der Waals surface area contributed by atoms with Gasteiger partial charge in [0.15, 0.2) is 12.2 Å². The second-order valence-corrected chi connectivity index (χ2v) is 31.4. The van der Waals surface area contributed by atoms with Crippen molar-refractivity contribution in [3.63, 3.8) is 0 Å². The maximum Gasteiger partial charge on any atom is 0.472 e. The molecule has 0 saturated carbocycles. The van der Waals surface area contributed by atoms with E-state index in [2.05, 4.69) is 41.5 Å². The topological polar surface area (TPSA) is 237 Å². The fourth-order valence-electron chi connectivity index (χ4n) is 11.8. The van der Waals surface area contributed by atoms with Crippen molar-refractivity contribution in [2.75, 3.05) is 39.6 Å². The van der Waals surface area contributed by atoms with E-state index < -0.39 is 97.5 Å². The molecule has 0 aromatic rings. The van der Waals surface area contributed by atoms with Gasteiger partial charge in [-0.2, -0.15) is 0 Å². The Hall–Kier alpha value is -1.94. The Morgan fingerprint density at radius 1 is 0.302 bits per heavy atom. The first-order valence-corrected chi connectivity index (χ1v) is 43.0. The highest BCUT2D eigenvalue weighted by Gasteiger charge is 2.30. The van der Waals surface area contributed by atoms with E-state index in [-0.39, 0.29) is 25.7 Å². The first kappa shape index (κ1) is 94.1. The fraction of sp³-hybridized carbons (Fsp3) is 0.948. The van der Waals surface area contributed by atoms with E-state index in [9.17, 15) is 43.2 Å². The van der Waals surface area contributed by atoms with E-state index >= 15 is 0 Å². The summed E-state index contributed by atoms with van der Waals surface area (Å²) in [6.07, 6.45) is 56.8. The van der Waals surface area contributed by atoms with Gasteiger partial charge < -0.3 is 33.8 Å². The second-order valence-electron chi connectivity index (χ2n) is 28.5.